The van der Waals surface area contributed by atoms with Crippen LogP contribution in [0.25, 0.3) is 0 Å². The largest absolute Gasteiger partial charge is 0.493 e. The topological polar surface area (TPSA) is 30.5 Å². The van der Waals surface area contributed by atoms with E-state index in [4.69, 9.17) is 9.47 Å². The summed E-state index contributed by atoms with van der Waals surface area (Å²) in [4.78, 5) is 0. The Balaban J connectivity index is 2.16. The Morgan fingerprint density at radius 2 is 1.86 bits per heavy atom. The second-order valence-electron chi connectivity index (χ2n) is 3.49. The summed E-state index contributed by atoms with van der Waals surface area (Å²) in [7, 11) is 3.30. The third-order valence-electron chi connectivity index (χ3n) is 2.33. The molecule has 0 unspecified atom stereocenters. The fraction of sp³-hybridized carbons (Fsp3) is 0.455. The van der Waals surface area contributed by atoms with Crippen LogP contribution in [0.4, 0.5) is 5.69 Å². The number of rotatable bonds is 4. The quantitative estimate of drug-likeness (QED) is 0.795. The van der Waals surface area contributed by atoms with E-state index >= 15 is 0 Å². The number of hydrogen-bond donors (Lipinski definition) is 1. The van der Waals surface area contributed by atoms with Crippen LogP contribution in [0.15, 0.2) is 18.2 Å². The predicted molar refractivity (Wildman–Crippen MR) is 56.2 cm³/mol. The Hall–Kier alpha value is -1.38. The van der Waals surface area contributed by atoms with Crippen molar-refractivity contribution in [3.8, 4) is 11.5 Å². The number of hydrogen-bond acceptors (Lipinski definition) is 3. The first kappa shape index (κ1) is 9.19. The van der Waals surface area contributed by atoms with Gasteiger partial charge in [-0.2, -0.15) is 0 Å². The highest BCUT2D eigenvalue weighted by Gasteiger charge is 2.21. The van der Waals surface area contributed by atoms with Crippen molar-refractivity contribution in [2.75, 3.05) is 19.5 Å². The lowest BCUT2D eigenvalue weighted by Gasteiger charge is -2.10. The molecular weight excluding hydrogens is 178 g/mol. The molecular formula is C11H15NO2. The molecule has 1 aromatic carbocycles. The zero-order valence-electron chi connectivity index (χ0n) is 8.54. The molecule has 0 bridgehead atoms. The zero-order chi connectivity index (χ0) is 9.97. The Morgan fingerprint density at radius 3 is 2.43 bits per heavy atom. The van der Waals surface area contributed by atoms with E-state index in [2.05, 4.69) is 5.32 Å². The van der Waals surface area contributed by atoms with E-state index in [1.807, 2.05) is 18.2 Å². The minimum absolute atomic E-state index is 0.660. The SMILES string of the molecule is COc1ccc(NC2CC2)cc1OC. The van der Waals surface area contributed by atoms with Gasteiger partial charge in [0.25, 0.3) is 0 Å². The first-order chi connectivity index (χ1) is 6.83. The van der Waals surface area contributed by atoms with Crippen molar-refractivity contribution >= 4 is 5.69 Å². The van der Waals surface area contributed by atoms with E-state index in [-0.39, 0.29) is 0 Å². The van der Waals surface area contributed by atoms with Crippen LogP contribution in [0.2, 0.25) is 0 Å². The molecule has 0 spiro atoms. The molecule has 1 aliphatic carbocycles. The van der Waals surface area contributed by atoms with Crippen LogP contribution in [-0.2, 0) is 0 Å². The summed E-state index contributed by atoms with van der Waals surface area (Å²) in [6.07, 6.45) is 2.54. The minimum Gasteiger partial charge on any atom is -0.493 e. The molecule has 0 heterocycles. The van der Waals surface area contributed by atoms with Gasteiger partial charge >= 0.3 is 0 Å². The molecule has 14 heavy (non-hydrogen) atoms. The van der Waals surface area contributed by atoms with Gasteiger partial charge in [-0.3, -0.25) is 0 Å². The fourth-order valence-corrected chi connectivity index (χ4v) is 1.39. The van der Waals surface area contributed by atoms with Crippen molar-refractivity contribution in [3.05, 3.63) is 18.2 Å². The van der Waals surface area contributed by atoms with Gasteiger partial charge in [0.1, 0.15) is 0 Å². The van der Waals surface area contributed by atoms with Crippen LogP contribution < -0.4 is 14.8 Å². The Kier molecular flexibility index (Phi) is 2.48. The van der Waals surface area contributed by atoms with Crippen molar-refractivity contribution < 1.29 is 9.47 Å². The van der Waals surface area contributed by atoms with Crippen molar-refractivity contribution in [3.63, 3.8) is 0 Å². The van der Waals surface area contributed by atoms with Crippen LogP contribution in [0.3, 0.4) is 0 Å². The average molecular weight is 193 g/mol. The van der Waals surface area contributed by atoms with E-state index in [0.717, 1.165) is 17.2 Å². The van der Waals surface area contributed by atoms with E-state index in [9.17, 15) is 0 Å². The lowest BCUT2D eigenvalue weighted by atomic mass is 10.2. The number of nitrogens with one attached hydrogen (secondary N) is 1. The number of methoxy groups -OCH3 is 2. The summed E-state index contributed by atoms with van der Waals surface area (Å²) in [5.41, 5.74) is 1.10. The number of ether oxygens (including phenoxy) is 2. The zero-order valence-corrected chi connectivity index (χ0v) is 8.54. The van der Waals surface area contributed by atoms with Gasteiger partial charge in [-0.15, -0.1) is 0 Å². The van der Waals surface area contributed by atoms with Crippen molar-refractivity contribution in [2.24, 2.45) is 0 Å². The molecule has 2 rings (SSSR count). The summed E-state index contributed by atoms with van der Waals surface area (Å²) in [6, 6.07) is 6.56. The second-order valence-corrected chi connectivity index (χ2v) is 3.49. The Morgan fingerprint density at radius 1 is 1.14 bits per heavy atom. The summed E-state index contributed by atoms with van der Waals surface area (Å²) < 4.78 is 10.4. The average Bonchev–Trinajstić information content (AvgIpc) is 3.01. The summed E-state index contributed by atoms with van der Waals surface area (Å²) in [5, 5.41) is 3.41. The molecule has 0 saturated heterocycles. The number of benzene rings is 1. The summed E-state index contributed by atoms with van der Waals surface area (Å²) in [6.45, 7) is 0. The van der Waals surface area contributed by atoms with Gasteiger partial charge in [0.05, 0.1) is 14.2 Å². The first-order valence-corrected chi connectivity index (χ1v) is 4.82. The van der Waals surface area contributed by atoms with Gasteiger partial charge in [-0.25, -0.2) is 0 Å². The lowest BCUT2D eigenvalue weighted by molar-refractivity contribution is 0.355. The maximum atomic E-state index is 5.21. The van der Waals surface area contributed by atoms with Crippen molar-refractivity contribution in [2.45, 2.75) is 18.9 Å². The normalized spacial score (nSPS) is 15.0. The minimum atomic E-state index is 0.660. The van der Waals surface area contributed by atoms with Crippen LogP contribution >= 0.6 is 0 Å². The van der Waals surface area contributed by atoms with Gasteiger partial charge < -0.3 is 14.8 Å². The fourth-order valence-electron chi connectivity index (χ4n) is 1.39. The van der Waals surface area contributed by atoms with E-state index in [1.54, 1.807) is 14.2 Å². The standard InChI is InChI=1S/C11H15NO2/c1-13-10-6-5-9(7-11(10)14-2)12-8-3-4-8/h5-8,12H,3-4H2,1-2H3. The Labute approximate surface area is 84.0 Å². The third kappa shape index (κ3) is 1.92. The van der Waals surface area contributed by atoms with Crippen LogP contribution in [-0.4, -0.2) is 20.3 Å². The lowest BCUT2D eigenvalue weighted by Crippen LogP contribution is -2.01. The molecule has 76 valence electrons. The molecule has 1 saturated carbocycles. The highest BCUT2D eigenvalue weighted by Crippen LogP contribution is 2.32. The molecule has 1 N–H and O–H groups in total. The number of anilines is 1. The van der Waals surface area contributed by atoms with Gasteiger partial charge in [0, 0.05) is 17.8 Å². The first-order valence-electron chi connectivity index (χ1n) is 4.82. The molecule has 0 aliphatic heterocycles. The van der Waals surface area contributed by atoms with Gasteiger partial charge in [0.2, 0.25) is 0 Å². The van der Waals surface area contributed by atoms with Crippen molar-refractivity contribution in [1.82, 2.24) is 0 Å². The molecule has 1 aromatic rings. The molecule has 0 radical (unpaired) electrons. The summed E-state index contributed by atoms with van der Waals surface area (Å²) >= 11 is 0. The maximum Gasteiger partial charge on any atom is 0.162 e. The van der Waals surface area contributed by atoms with Gasteiger partial charge in [-0.1, -0.05) is 0 Å². The molecule has 3 nitrogen and oxygen atoms in total. The molecule has 3 heteroatoms. The van der Waals surface area contributed by atoms with Crippen LogP contribution in [0.1, 0.15) is 12.8 Å². The maximum absolute atomic E-state index is 5.21. The summed E-state index contributed by atoms with van der Waals surface area (Å²) in [5.74, 6) is 1.55. The molecule has 1 fully saturated rings. The van der Waals surface area contributed by atoms with E-state index in [0.29, 0.717) is 6.04 Å². The van der Waals surface area contributed by atoms with E-state index in [1.165, 1.54) is 12.8 Å². The van der Waals surface area contributed by atoms with Crippen LogP contribution in [0.5, 0.6) is 11.5 Å². The van der Waals surface area contributed by atoms with E-state index < -0.39 is 0 Å². The monoisotopic (exact) mass is 193 g/mol. The van der Waals surface area contributed by atoms with Gasteiger partial charge in [-0.05, 0) is 25.0 Å². The third-order valence-corrected chi connectivity index (χ3v) is 2.33. The predicted octanol–water partition coefficient (Wildman–Crippen LogP) is 2.28. The van der Waals surface area contributed by atoms with Gasteiger partial charge in [0.15, 0.2) is 11.5 Å². The molecule has 1 aliphatic rings. The molecule has 0 aromatic heterocycles. The van der Waals surface area contributed by atoms with Crippen LogP contribution in [0, 0.1) is 0 Å². The highest BCUT2D eigenvalue weighted by atomic mass is 16.5. The Bertz CT molecular complexity index is 321. The smallest absolute Gasteiger partial charge is 0.162 e. The van der Waals surface area contributed by atoms with Crippen molar-refractivity contribution in [1.29, 1.82) is 0 Å². The molecule has 0 amide bonds. The highest BCUT2D eigenvalue weighted by molar-refractivity contribution is 5.55. The molecule has 0 atom stereocenters. The second kappa shape index (κ2) is 3.78.